The molecule has 2 saturated heterocycles. The number of nitrogens with two attached hydrogens (primary N) is 1. The number of nitrogens with zero attached hydrogens (tertiary/aromatic N) is 3. The summed E-state index contributed by atoms with van der Waals surface area (Å²) in [6.45, 7) is 8.04. The van der Waals surface area contributed by atoms with Crippen molar-refractivity contribution in [2.45, 2.75) is 83.0 Å². The van der Waals surface area contributed by atoms with Crippen LogP contribution in [0.4, 0.5) is 0 Å². The SMILES string of the molecule is C[C@@H]1CN(C=O)CCN1C(=O)[C@@H](CCCCN)NC1CCC2(CC1)CCN(Cc1ccccc1)C2. The first kappa shape index (κ1) is 26.1. The Labute approximate surface area is 211 Å². The number of unbranched alkanes of at least 4 members (excludes halogenated alkanes) is 1. The Bertz CT molecular complexity index is 811. The third-order valence-electron chi connectivity index (χ3n) is 8.59. The average molecular weight is 484 g/mol. The van der Waals surface area contributed by atoms with Gasteiger partial charge in [0.25, 0.3) is 0 Å². The van der Waals surface area contributed by atoms with Crippen molar-refractivity contribution < 1.29 is 9.59 Å². The second kappa shape index (κ2) is 12.3. The summed E-state index contributed by atoms with van der Waals surface area (Å²) in [7, 11) is 0. The van der Waals surface area contributed by atoms with Gasteiger partial charge in [-0.1, -0.05) is 36.8 Å². The van der Waals surface area contributed by atoms with Crippen molar-refractivity contribution in [1.82, 2.24) is 20.0 Å². The molecule has 7 heteroatoms. The summed E-state index contributed by atoms with van der Waals surface area (Å²) in [6, 6.07) is 11.1. The van der Waals surface area contributed by atoms with E-state index in [9.17, 15) is 9.59 Å². The number of carbonyl (C=O) groups excluding carboxylic acids is 2. The Hall–Kier alpha value is -1.96. The Kier molecular flexibility index (Phi) is 9.20. The van der Waals surface area contributed by atoms with E-state index in [1.54, 1.807) is 4.90 Å². The molecule has 0 bridgehead atoms. The van der Waals surface area contributed by atoms with Crippen LogP contribution in [-0.4, -0.2) is 84.4 Å². The van der Waals surface area contributed by atoms with Gasteiger partial charge in [0, 0.05) is 44.8 Å². The topological polar surface area (TPSA) is 81.9 Å². The highest BCUT2D eigenvalue weighted by molar-refractivity contribution is 5.82. The zero-order valence-corrected chi connectivity index (χ0v) is 21.5. The highest BCUT2D eigenvalue weighted by Crippen LogP contribution is 2.44. The fourth-order valence-corrected chi connectivity index (χ4v) is 6.47. The molecule has 0 unspecified atom stereocenters. The normalized spacial score (nSPS) is 28.4. The fourth-order valence-electron chi connectivity index (χ4n) is 6.47. The zero-order valence-electron chi connectivity index (χ0n) is 21.5. The quantitative estimate of drug-likeness (QED) is 0.395. The van der Waals surface area contributed by atoms with Crippen LogP contribution in [0, 0.1) is 5.41 Å². The molecule has 2 amide bonds. The smallest absolute Gasteiger partial charge is 0.240 e. The standard InChI is InChI=1S/C28H45N5O2/c1-23-19-32(22-34)17-18-33(23)27(35)26(9-5-6-15-29)30-25-10-12-28(13-11-25)14-16-31(21-28)20-24-7-3-2-4-8-24/h2-4,7-8,22-23,25-26,30H,5-6,9-21,29H2,1H3/t23-,25?,26-,28?/m1/s1. The first-order chi connectivity index (χ1) is 17.0. The summed E-state index contributed by atoms with van der Waals surface area (Å²) in [6.07, 6.45) is 9.73. The largest absolute Gasteiger partial charge is 0.341 e. The minimum atomic E-state index is -0.149. The number of carbonyl (C=O) groups is 2. The van der Waals surface area contributed by atoms with Gasteiger partial charge in [0.1, 0.15) is 0 Å². The van der Waals surface area contributed by atoms with E-state index < -0.39 is 0 Å². The molecule has 0 aromatic heterocycles. The molecule has 3 N–H and O–H groups in total. The number of benzene rings is 1. The molecule has 3 aliphatic rings. The fraction of sp³-hybridized carbons (Fsp3) is 0.714. The van der Waals surface area contributed by atoms with Gasteiger partial charge in [0.05, 0.1) is 6.04 Å². The number of nitrogens with one attached hydrogen (secondary N) is 1. The van der Waals surface area contributed by atoms with E-state index in [1.165, 1.54) is 37.9 Å². The molecule has 0 radical (unpaired) electrons. The van der Waals surface area contributed by atoms with E-state index in [4.69, 9.17) is 5.73 Å². The van der Waals surface area contributed by atoms with Crippen LogP contribution in [0.3, 0.4) is 0 Å². The number of amides is 2. The molecular weight excluding hydrogens is 438 g/mol. The molecule has 1 aromatic rings. The maximum atomic E-state index is 13.6. The van der Waals surface area contributed by atoms with Crippen LogP contribution in [-0.2, 0) is 16.1 Å². The van der Waals surface area contributed by atoms with E-state index in [0.717, 1.165) is 45.1 Å². The Morgan fingerprint density at radius 2 is 1.91 bits per heavy atom. The summed E-state index contributed by atoms with van der Waals surface area (Å²) in [5, 5.41) is 3.79. The van der Waals surface area contributed by atoms with Crippen molar-refractivity contribution in [2.75, 3.05) is 39.3 Å². The predicted octanol–water partition coefficient (Wildman–Crippen LogP) is 2.60. The molecule has 2 aliphatic heterocycles. The lowest BCUT2D eigenvalue weighted by Gasteiger charge is -2.42. The predicted molar refractivity (Wildman–Crippen MR) is 140 cm³/mol. The van der Waals surface area contributed by atoms with Crippen molar-refractivity contribution in [1.29, 1.82) is 0 Å². The van der Waals surface area contributed by atoms with Gasteiger partial charge >= 0.3 is 0 Å². The van der Waals surface area contributed by atoms with Gasteiger partial charge in [-0.05, 0) is 75.9 Å². The average Bonchev–Trinajstić information content (AvgIpc) is 3.26. The van der Waals surface area contributed by atoms with E-state index in [-0.39, 0.29) is 18.0 Å². The molecular formula is C28H45N5O2. The summed E-state index contributed by atoms with van der Waals surface area (Å²) in [4.78, 5) is 31.1. The number of piperazine rings is 1. The third kappa shape index (κ3) is 6.83. The minimum absolute atomic E-state index is 0.0592. The van der Waals surface area contributed by atoms with Crippen LogP contribution in [0.25, 0.3) is 0 Å². The van der Waals surface area contributed by atoms with Crippen LogP contribution in [0.1, 0.15) is 63.9 Å². The lowest BCUT2D eigenvalue weighted by Crippen LogP contribution is -2.59. The van der Waals surface area contributed by atoms with Gasteiger partial charge in [-0.25, -0.2) is 0 Å². The Morgan fingerprint density at radius 3 is 2.60 bits per heavy atom. The van der Waals surface area contributed by atoms with Crippen molar-refractivity contribution >= 4 is 12.3 Å². The molecule has 1 aromatic carbocycles. The first-order valence-electron chi connectivity index (χ1n) is 13.7. The zero-order chi connectivity index (χ0) is 24.7. The second-order valence-electron chi connectivity index (χ2n) is 11.2. The summed E-state index contributed by atoms with van der Waals surface area (Å²) in [5.74, 6) is 0.204. The van der Waals surface area contributed by atoms with Gasteiger partial charge in [-0.2, -0.15) is 0 Å². The van der Waals surface area contributed by atoms with Gasteiger partial charge in [-0.3, -0.25) is 14.5 Å². The van der Waals surface area contributed by atoms with Crippen LogP contribution in [0.5, 0.6) is 0 Å². The van der Waals surface area contributed by atoms with Crippen molar-refractivity contribution in [3.8, 4) is 0 Å². The van der Waals surface area contributed by atoms with Gasteiger partial charge in [0.15, 0.2) is 0 Å². The highest BCUT2D eigenvalue weighted by Gasteiger charge is 2.41. The van der Waals surface area contributed by atoms with E-state index >= 15 is 0 Å². The highest BCUT2D eigenvalue weighted by atomic mass is 16.2. The van der Waals surface area contributed by atoms with E-state index in [1.807, 2.05) is 4.90 Å². The van der Waals surface area contributed by atoms with Gasteiger partial charge < -0.3 is 20.9 Å². The van der Waals surface area contributed by atoms with Crippen molar-refractivity contribution in [3.05, 3.63) is 35.9 Å². The van der Waals surface area contributed by atoms with Crippen LogP contribution < -0.4 is 11.1 Å². The molecule has 194 valence electrons. The molecule has 35 heavy (non-hydrogen) atoms. The first-order valence-corrected chi connectivity index (χ1v) is 13.7. The molecule has 1 spiro atoms. The molecule has 7 nitrogen and oxygen atoms in total. The Morgan fingerprint density at radius 1 is 1.14 bits per heavy atom. The minimum Gasteiger partial charge on any atom is -0.341 e. The third-order valence-corrected chi connectivity index (χ3v) is 8.59. The Balaban J connectivity index is 1.30. The van der Waals surface area contributed by atoms with Gasteiger partial charge in [-0.15, -0.1) is 0 Å². The monoisotopic (exact) mass is 483 g/mol. The molecule has 1 aliphatic carbocycles. The maximum Gasteiger partial charge on any atom is 0.240 e. The summed E-state index contributed by atoms with van der Waals surface area (Å²) in [5.41, 5.74) is 7.59. The number of likely N-dealkylation sites (tertiary alicyclic amines) is 1. The van der Waals surface area contributed by atoms with Crippen LogP contribution >= 0.6 is 0 Å². The van der Waals surface area contributed by atoms with Crippen molar-refractivity contribution in [3.63, 3.8) is 0 Å². The number of hydrogen-bond acceptors (Lipinski definition) is 5. The van der Waals surface area contributed by atoms with Gasteiger partial charge in [0.2, 0.25) is 12.3 Å². The van der Waals surface area contributed by atoms with E-state index in [2.05, 4.69) is 47.5 Å². The molecule has 4 rings (SSSR count). The molecule has 1 saturated carbocycles. The maximum absolute atomic E-state index is 13.6. The molecule has 3 fully saturated rings. The van der Waals surface area contributed by atoms with Crippen molar-refractivity contribution in [2.24, 2.45) is 11.1 Å². The lowest BCUT2D eigenvalue weighted by molar-refractivity contribution is -0.140. The van der Waals surface area contributed by atoms with Crippen LogP contribution in [0.15, 0.2) is 30.3 Å². The number of hydrogen-bond donors (Lipinski definition) is 2. The lowest BCUT2D eigenvalue weighted by atomic mass is 9.72. The van der Waals surface area contributed by atoms with Crippen LogP contribution in [0.2, 0.25) is 0 Å². The molecule has 2 heterocycles. The second-order valence-corrected chi connectivity index (χ2v) is 11.2. The summed E-state index contributed by atoms with van der Waals surface area (Å²) >= 11 is 0. The molecule has 2 atom stereocenters. The summed E-state index contributed by atoms with van der Waals surface area (Å²) < 4.78 is 0. The number of rotatable bonds is 10. The van der Waals surface area contributed by atoms with E-state index in [0.29, 0.717) is 37.6 Å².